The topological polar surface area (TPSA) is 88.6 Å². The minimum absolute atomic E-state index is 0.107. The zero-order valence-electron chi connectivity index (χ0n) is 24.5. The highest BCUT2D eigenvalue weighted by Gasteiger charge is 2.21. The van der Waals surface area contributed by atoms with Crippen molar-refractivity contribution >= 4 is 17.4 Å². The Balaban J connectivity index is 1.09. The summed E-state index contributed by atoms with van der Waals surface area (Å²) in [7, 11) is 0. The molecule has 218 valence electrons. The average Bonchev–Trinajstić information content (AvgIpc) is 2.99. The van der Waals surface area contributed by atoms with Crippen molar-refractivity contribution in [3.8, 4) is 17.4 Å². The fourth-order valence-electron chi connectivity index (χ4n) is 5.01. The number of anilines is 2. The number of rotatable bonds is 9. The van der Waals surface area contributed by atoms with E-state index in [1.807, 2.05) is 66.9 Å². The second-order valence-electron chi connectivity index (χ2n) is 11.7. The van der Waals surface area contributed by atoms with E-state index in [9.17, 15) is 4.79 Å². The molecule has 0 saturated carbocycles. The highest BCUT2D eigenvalue weighted by atomic mass is 16.5. The first-order valence-corrected chi connectivity index (χ1v) is 14.5. The van der Waals surface area contributed by atoms with Crippen LogP contribution in [0, 0.1) is 5.92 Å². The van der Waals surface area contributed by atoms with Crippen molar-refractivity contribution in [3.63, 3.8) is 0 Å². The number of likely N-dealkylation sites (tertiary alicyclic amines) is 1. The smallest absolute Gasteiger partial charge is 0.323 e. The molecule has 0 bridgehead atoms. The van der Waals surface area contributed by atoms with Gasteiger partial charge in [0.2, 0.25) is 5.88 Å². The molecular weight excluding hydrogens is 526 g/mol. The third-order valence-corrected chi connectivity index (χ3v) is 7.34. The zero-order valence-corrected chi connectivity index (χ0v) is 24.5. The first-order chi connectivity index (χ1) is 20.3. The second-order valence-corrected chi connectivity index (χ2v) is 11.7. The van der Waals surface area contributed by atoms with Crippen molar-refractivity contribution in [2.75, 3.05) is 30.3 Å². The Morgan fingerprint density at radius 2 is 1.62 bits per heavy atom. The first kappa shape index (κ1) is 29.1. The lowest BCUT2D eigenvalue weighted by Crippen LogP contribution is -2.35. The predicted molar refractivity (Wildman–Crippen MR) is 166 cm³/mol. The van der Waals surface area contributed by atoms with Crippen molar-refractivity contribution < 1.29 is 14.3 Å². The van der Waals surface area contributed by atoms with Gasteiger partial charge >= 0.3 is 6.03 Å². The van der Waals surface area contributed by atoms with Gasteiger partial charge in [-0.15, -0.1) is 0 Å². The van der Waals surface area contributed by atoms with Gasteiger partial charge in [-0.3, -0.25) is 9.88 Å². The van der Waals surface area contributed by atoms with Crippen LogP contribution in [0.2, 0.25) is 0 Å². The van der Waals surface area contributed by atoms with Crippen LogP contribution in [0.1, 0.15) is 44.9 Å². The van der Waals surface area contributed by atoms with E-state index in [1.54, 1.807) is 18.3 Å². The number of para-hydroxylation sites is 1. The summed E-state index contributed by atoms with van der Waals surface area (Å²) in [5, 5.41) is 5.74. The van der Waals surface area contributed by atoms with Gasteiger partial charge in [-0.05, 0) is 91.9 Å². The van der Waals surface area contributed by atoms with Crippen LogP contribution in [0.15, 0.2) is 91.3 Å². The summed E-state index contributed by atoms with van der Waals surface area (Å²) < 4.78 is 12.2. The van der Waals surface area contributed by atoms with Crippen molar-refractivity contribution in [2.24, 2.45) is 5.92 Å². The summed E-state index contributed by atoms with van der Waals surface area (Å²) in [6.07, 6.45) is 5.70. The maximum Gasteiger partial charge on any atom is 0.323 e. The molecule has 42 heavy (non-hydrogen) atoms. The van der Waals surface area contributed by atoms with E-state index in [2.05, 4.69) is 52.3 Å². The Labute approximate surface area is 248 Å². The fourth-order valence-corrected chi connectivity index (χ4v) is 5.01. The molecule has 2 aromatic carbocycles. The number of piperidine rings is 1. The summed E-state index contributed by atoms with van der Waals surface area (Å²) in [5.74, 6) is 2.35. The van der Waals surface area contributed by atoms with Crippen LogP contribution in [-0.4, -0.2) is 40.6 Å². The monoisotopic (exact) mass is 565 g/mol. The molecule has 1 saturated heterocycles. The lowest BCUT2D eigenvalue weighted by molar-refractivity contribution is 0.136. The van der Waals surface area contributed by atoms with Gasteiger partial charge in [-0.2, -0.15) is 0 Å². The van der Waals surface area contributed by atoms with Crippen molar-refractivity contribution in [1.82, 2.24) is 14.9 Å². The van der Waals surface area contributed by atoms with Gasteiger partial charge in [-0.25, -0.2) is 9.78 Å². The number of amides is 2. The van der Waals surface area contributed by atoms with E-state index >= 15 is 0 Å². The first-order valence-electron chi connectivity index (χ1n) is 14.5. The van der Waals surface area contributed by atoms with Gasteiger partial charge in [0.15, 0.2) is 0 Å². The Morgan fingerprint density at radius 1 is 0.881 bits per heavy atom. The average molecular weight is 566 g/mol. The molecule has 1 aliphatic heterocycles. The molecule has 0 radical (unpaired) electrons. The lowest BCUT2D eigenvalue weighted by atomic mass is 9.86. The van der Waals surface area contributed by atoms with Crippen LogP contribution < -0.4 is 20.1 Å². The van der Waals surface area contributed by atoms with Gasteiger partial charge in [0.25, 0.3) is 0 Å². The van der Waals surface area contributed by atoms with Gasteiger partial charge in [0.1, 0.15) is 17.2 Å². The minimum atomic E-state index is -0.386. The molecule has 2 N–H and O–H groups in total. The SMILES string of the molecule is CC(C)(C)c1ccccc1Oc1ncccc1NC(=O)Nc1ccc(OCC2CCN(Cc3ccccn3)CC2)cc1. The number of nitrogens with zero attached hydrogens (tertiary/aromatic N) is 3. The summed E-state index contributed by atoms with van der Waals surface area (Å²) in [6.45, 7) is 10.1. The Morgan fingerprint density at radius 3 is 2.36 bits per heavy atom. The maximum absolute atomic E-state index is 12.8. The van der Waals surface area contributed by atoms with Crippen LogP contribution in [0.25, 0.3) is 0 Å². The molecule has 1 aliphatic rings. The molecule has 2 aromatic heterocycles. The summed E-state index contributed by atoms with van der Waals surface area (Å²) in [6, 6.07) is 24.5. The number of pyridine rings is 2. The number of ether oxygens (including phenoxy) is 2. The summed E-state index contributed by atoms with van der Waals surface area (Å²) >= 11 is 0. The number of urea groups is 1. The Kier molecular flexibility index (Phi) is 9.34. The molecule has 8 nitrogen and oxygen atoms in total. The van der Waals surface area contributed by atoms with E-state index in [0.29, 0.717) is 35.5 Å². The fraction of sp³-hybridized carbons (Fsp3) is 0.324. The van der Waals surface area contributed by atoms with Crippen LogP contribution in [-0.2, 0) is 12.0 Å². The molecule has 0 spiro atoms. The number of hydrogen-bond acceptors (Lipinski definition) is 6. The molecule has 4 aromatic rings. The van der Waals surface area contributed by atoms with E-state index in [0.717, 1.165) is 49.5 Å². The molecule has 0 aliphatic carbocycles. The zero-order chi connectivity index (χ0) is 29.4. The third-order valence-electron chi connectivity index (χ3n) is 7.34. The highest BCUT2D eigenvalue weighted by molar-refractivity contribution is 6.00. The number of benzene rings is 2. The van der Waals surface area contributed by atoms with Gasteiger partial charge < -0.3 is 20.1 Å². The number of carbonyl (C=O) groups excluding carboxylic acids is 1. The van der Waals surface area contributed by atoms with Crippen LogP contribution in [0.5, 0.6) is 17.4 Å². The number of aromatic nitrogens is 2. The van der Waals surface area contributed by atoms with Gasteiger partial charge in [0, 0.05) is 30.2 Å². The van der Waals surface area contributed by atoms with E-state index in [1.165, 1.54) is 0 Å². The predicted octanol–water partition coefficient (Wildman–Crippen LogP) is 7.50. The van der Waals surface area contributed by atoms with Crippen LogP contribution in [0.4, 0.5) is 16.2 Å². The normalized spacial score (nSPS) is 14.3. The number of hydrogen-bond donors (Lipinski definition) is 2. The molecule has 0 unspecified atom stereocenters. The Bertz CT molecular complexity index is 1450. The number of nitrogens with one attached hydrogen (secondary N) is 2. The second kappa shape index (κ2) is 13.5. The van der Waals surface area contributed by atoms with E-state index in [4.69, 9.17) is 9.47 Å². The molecule has 8 heteroatoms. The summed E-state index contributed by atoms with van der Waals surface area (Å²) in [4.78, 5) is 24.1. The van der Waals surface area contributed by atoms with Crippen molar-refractivity contribution in [3.05, 3.63) is 103 Å². The maximum atomic E-state index is 12.8. The molecular formula is C34H39N5O3. The highest BCUT2D eigenvalue weighted by Crippen LogP contribution is 2.35. The standard InChI is InChI=1S/C34H39N5O3/c1-34(2,3)29-10-4-5-12-31(29)42-32-30(11-8-20-36-32)38-33(40)37-26-13-15-28(16-14-26)41-24-25-17-21-39(22-18-25)23-27-9-6-7-19-35-27/h4-16,19-20,25H,17-18,21-24H2,1-3H3,(H2,37,38,40). The summed E-state index contributed by atoms with van der Waals surface area (Å²) in [5.41, 5.74) is 3.20. The quantitative estimate of drug-likeness (QED) is 0.218. The van der Waals surface area contributed by atoms with Gasteiger partial charge in [0.05, 0.1) is 12.3 Å². The van der Waals surface area contributed by atoms with Crippen LogP contribution >= 0.6 is 0 Å². The Hall–Kier alpha value is -4.43. The van der Waals surface area contributed by atoms with Gasteiger partial charge in [-0.1, -0.05) is 45.0 Å². The largest absolute Gasteiger partial charge is 0.493 e. The third kappa shape index (κ3) is 8.07. The minimum Gasteiger partial charge on any atom is -0.493 e. The molecule has 2 amide bonds. The molecule has 5 rings (SSSR count). The molecule has 1 fully saturated rings. The lowest BCUT2D eigenvalue weighted by Gasteiger charge is -2.31. The van der Waals surface area contributed by atoms with Crippen LogP contribution in [0.3, 0.4) is 0 Å². The van der Waals surface area contributed by atoms with Crippen molar-refractivity contribution in [1.29, 1.82) is 0 Å². The molecule has 0 atom stereocenters. The number of carbonyl (C=O) groups is 1. The van der Waals surface area contributed by atoms with Crippen molar-refractivity contribution in [2.45, 2.75) is 45.6 Å². The molecule has 3 heterocycles. The van der Waals surface area contributed by atoms with E-state index < -0.39 is 0 Å². The van der Waals surface area contributed by atoms with E-state index in [-0.39, 0.29) is 11.4 Å².